The van der Waals surface area contributed by atoms with Gasteiger partial charge >= 0.3 is 0 Å². The van der Waals surface area contributed by atoms with Crippen molar-refractivity contribution in [1.29, 1.82) is 0 Å². The Morgan fingerprint density at radius 2 is 2.11 bits per heavy atom. The van der Waals surface area contributed by atoms with Crippen LogP contribution in [0.1, 0.15) is 37.5 Å². The number of hydrogen-bond donors (Lipinski definition) is 1. The van der Waals surface area contributed by atoms with Gasteiger partial charge in [0.25, 0.3) is 0 Å². The zero-order chi connectivity index (χ0) is 13.1. The molecule has 1 spiro atoms. The van der Waals surface area contributed by atoms with Crippen LogP contribution in [0, 0.1) is 0 Å². The van der Waals surface area contributed by atoms with Gasteiger partial charge in [-0.15, -0.1) is 11.3 Å². The first-order valence-electron chi connectivity index (χ1n) is 7.32. The number of rotatable bonds is 4. The van der Waals surface area contributed by atoms with E-state index >= 15 is 0 Å². The Morgan fingerprint density at radius 3 is 2.74 bits per heavy atom. The van der Waals surface area contributed by atoms with E-state index in [4.69, 9.17) is 9.47 Å². The molecule has 1 aliphatic carbocycles. The quantitative estimate of drug-likeness (QED) is 0.920. The molecule has 19 heavy (non-hydrogen) atoms. The Morgan fingerprint density at radius 1 is 1.37 bits per heavy atom. The van der Waals surface area contributed by atoms with Gasteiger partial charge in [0.15, 0.2) is 5.79 Å². The molecule has 106 valence electrons. The lowest BCUT2D eigenvalue weighted by molar-refractivity contribution is -0.179. The number of nitrogens with one attached hydrogen (secondary N) is 1. The molecule has 0 amide bonds. The Balaban J connectivity index is 1.44. The summed E-state index contributed by atoms with van der Waals surface area (Å²) in [7, 11) is 0. The lowest BCUT2D eigenvalue weighted by Gasteiger charge is -2.36. The molecule has 2 fully saturated rings. The summed E-state index contributed by atoms with van der Waals surface area (Å²) in [5.74, 6) is -0.227. The zero-order valence-corrected chi connectivity index (χ0v) is 12.4. The van der Waals surface area contributed by atoms with Crippen LogP contribution in [-0.4, -0.2) is 31.1 Å². The van der Waals surface area contributed by atoms with Crippen LogP contribution in [0.3, 0.4) is 0 Å². The van der Waals surface area contributed by atoms with Crippen LogP contribution in [0.25, 0.3) is 0 Å². The zero-order valence-electron chi connectivity index (χ0n) is 11.6. The number of thiophene rings is 1. The summed E-state index contributed by atoms with van der Waals surface area (Å²) >= 11 is 1.85. The maximum Gasteiger partial charge on any atom is 0.168 e. The van der Waals surface area contributed by atoms with Gasteiger partial charge in [-0.3, -0.25) is 0 Å². The molecule has 1 aliphatic heterocycles. The first-order valence-corrected chi connectivity index (χ1v) is 8.20. The van der Waals surface area contributed by atoms with Gasteiger partial charge in [0.1, 0.15) is 0 Å². The minimum Gasteiger partial charge on any atom is -0.348 e. The highest BCUT2D eigenvalue weighted by Crippen LogP contribution is 2.35. The average molecular weight is 281 g/mol. The molecule has 0 radical (unpaired) electrons. The van der Waals surface area contributed by atoms with E-state index in [-0.39, 0.29) is 5.79 Å². The van der Waals surface area contributed by atoms with E-state index in [1.54, 1.807) is 0 Å². The van der Waals surface area contributed by atoms with Crippen LogP contribution in [-0.2, 0) is 15.9 Å². The van der Waals surface area contributed by atoms with Crippen molar-refractivity contribution in [3.05, 3.63) is 22.4 Å². The molecule has 1 N–H and O–H groups in total. The van der Waals surface area contributed by atoms with Crippen molar-refractivity contribution < 1.29 is 9.47 Å². The molecule has 1 atom stereocenters. The second-order valence-corrected chi connectivity index (χ2v) is 6.77. The van der Waals surface area contributed by atoms with E-state index in [0.29, 0.717) is 12.1 Å². The van der Waals surface area contributed by atoms with Crippen molar-refractivity contribution in [3.63, 3.8) is 0 Å². The first kappa shape index (κ1) is 13.6. The molecule has 4 heteroatoms. The summed E-state index contributed by atoms with van der Waals surface area (Å²) in [6.45, 7) is 3.83. The third-order valence-electron chi connectivity index (χ3n) is 4.17. The fraction of sp³-hybridized carbons (Fsp3) is 0.733. The molecule has 1 unspecified atom stereocenters. The Hall–Kier alpha value is -0.420. The Labute approximate surface area is 119 Å². The topological polar surface area (TPSA) is 30.5 Å². The second kappa shape index (κ2) is 5.92. The third-order valence-corrected chi connectivity index (χ3v) is 5.07. The van der Waals surface area contributed by atoms with Crippen molar-refractivity contribution in [2.24, 2.45) is 0 Å². The molecule has 1 saturated carbocycles. The van der Waals surface area contributed by atoms with Crippen molar-refractivity contribution in [2.45, 2.75) is 56.9 Å². The normalized spacial score (nSPS) is 24.9. The van der Waals surface area contributed by atoms with E-state index in [2.05, 4.69) is 29.8 Å². The number of hydrogen-bond acceptors (Lipinski definition) is 4. The summed E-state index contributed by atoms with van der Waals surface area (Å²) in [5, 5.41) is 5.91. The van der Waals surface area contributed by atoms with Gasteiger partial charge in [-0.2, -0.15) is 0 Å². The molecule has 3 nitrogen and oxygen atoms in total. The van der Waals surface area contributed by atoms with Gasteiger partial charge in [0.2, 0.25) is 0 Å². The van der Waals surface area contributed by atoms with Gasteiger partial charge in [-0.25, -0.2) is 0 Å². The van der Waals surface area contributed by atoms with Gasteiger partial charge in [0.05, 0.1) is 13.2 Å². The van der Waals surface area contributed by atoms with Gasteiger partial charge in [-0.05, 0) is 37.6 Å². The van der Waals surface area contributed by atoms with Crippen LogP contribution < -0.4 is 5.32 Å². The lowest BCUT2D eigenvalue weighted by Crippen LogP contribution is -2.45. The van der Waals surface area contributed by atoms with Crippen molar-refractivity contribution >= 4 is 11.3 Å². The van der Waals surface area contributed by atoms with Crippen LogP contribution >= 0.6 is 11.3 Å². The fourth-order valence-corrected chi connectivity index (χ4v) is 4.04. The van der Waals surface area contributed by atoms with Gasteiger partial charge < -0.3 is 14.8 Å². The molecule has 2 heterocycles. The fourth-order valence-electron chi connectivity index (χ4n) is 3.20. The highest BCUT2D eigenvalue weighted by Gasteiger charge is 2.40. The summed E-state index contributed by atoms with van der Waals surface area (Å²) in [6, 6.07) is 5.52. The van der Waals surface area contributed by atoms with Crippen LogP contribution in [0.5, 0.6) is 0 Å². The maximum absolute atomic E-state index is 5.77. The van der Waals surface area contributed by atoms with Crippen molar-refractivity contribution in [1.82, 2.24) is 5.32 Å². The maximum atomic E-state index is 5.77. The van der Waals surface area contributed by atoms with Gasteiger partial charge in [0, 0.05) is 29.8 Å². The van der Waals surface area contributed by atoms with E-state index < -0.39 is 0 Å². The largest absolute Gasteiger partial charge is 0.348 e. The molecule has 1 aromatic rings. The van der Waals surface area contributed by atoms with E-state index in [9.17, 15) is 0 Å². The molecule has 0 bridgehead atoms. The highest BCUT2D eigenvalue weighted by molar-refractivity contribution is 7.09. The third kappa shape index (κ3) is 3.37. The minimum absolute atomic E-state index is 0.227. The molecule has 2 aliphatic rings. The summed E-state index contributed by atoms with van der Waals surface area (Å²) in [5.41, 5.74) is 0. The molecule has 3 rings (SSSR count). The second-order valence-electron chi connectivity index (χ2n) is 5.73. The standard InChI is InChI=1S/C15H23NO2S/c1-12(11-14-3-2-10-19-14)16-13-4-6-15(7-5-13)17-8-9-18-15/h2-3,10,12-13,16H,4-9,11H2,1H3. The average Bonchev–Trinajstić information content (AvgIpc) is 3.05. The molecule has 1 saturated heterocycles. The molecular formula is C15H23NO2S. The molecule has 0 aromatic carbocycles. The summed E-state index contributed by atoms with van der Waals surface area (Å²) in [6.07, 6.45) is 5.53. The van der Waals surface area contributed by atoms with E-state index in [0.717, 1.165) is 45.3 Å². The van der Waals surface area contributed by atoms with E-state index in [1.807, 2.05) is 11.3 Å². The Kier molecular flexibility index (Phi) is 4.22. The van der Waals surface area contributed by atoms with Gasteiger partial charge in [-0.1, -0.05) is 6.07 Å². The summed E-state index contributed by atoms with van der Waals surface area (Å²) in [4.78, 5) is 1.47. The van der Waals surface area contributed by atoms with Crippen molar-refractivity contribution in [2.75, 3.05) is 13.2 Å². The highest BCUT2D eigenvalue weighted by atomic mass is 32.1. The van der Waals surface area contributed by atoms with E-state index in [1.165, 1.54) is 4.88 Å². The van der Waals surface area contributed by atoms with Crippen LogP contribution in [0.15, 0.2) is 17.5 Å². The number of ether oxygens (including phenoxy) is 2. The van der Waals surface area contributed by atoms with Crippen LogP contribution in [0.4, 0.5) is 0 Å². The lowest BCUT2D eigenvalue weighted by atomic mass is 9.89. The predicted molar refractivity (Wildman–Crippen MR) is 77.5 cm³/mol. The summed E-state index contributed by atoms with van der Waals surface area (Å²) < 4.78 is 11.5. The molecule has 1 aromatic heterocycles. The molecular weight excluding hydrogens is 258 g/mol. The monoisotopic (exact) mass is 281 g/mol. The van der Waals surface area contributed by atoms with Crippen molar-refractivity contribution in [3.8, 4) is 0 Å². The SMILES string of the molecule is CC(Cc1cccs1)NC1CCC2(CC1)OCCO2. The van der Waals surface area contributed by atoms with Crippen LogP contribution in [0.2, 0.25) is 0 Å². The Bertz CT molecular complexity index is 377. The smallest absolute Gasteiger partial charge is 0.168 e. The predicted octanol–water partition coefficient (Wildman–Crippen LogP) is 2.95. The first-order chi connectivity index (χ1) is 9.26. The minimum atomic E-state index is -0.227.